The maximum Gasteiger partial charge on any atom is 0.103 e. The molecule has 1 heterocycles. The Hall–Kier alpha value is -0.780. The Morgan fingerprint density at radius 1 is 1.40 bits per heavy atom. The minimum atomic E-state index is 0.718. The number of hydrogen-bond donors (Lipinski definition) is 1. The van der Waals surface area contributed by atoms with Crippen molar-refractivity contribution in [3.05, 3.63) is 40.0 Å². The molecule has 1 aliphatic rings. The van der Waals surface area contributed by atoms with Gasteiger partial charge in [0.2, 0.25) is 0 Å². The van der Waals surface area contributed by atoms with Crippen molar-refractivity contribution in [2.75, 3.05) is 0 Å². The maximum absolute atomic E-state index is 4.58. The van der Waals surface area contributed by atoms with E-state index in [0.29, 0.717) is 0 Å². The third-order valence-electron chi connectivity index (χ3n) is 3.48. The molecule has 0 amide bonds. The van der Waals surface area contributed by atoms with Crippen molar-refractivity contribution in [2.24, 2.45) is 7.05 Å². The molecule has 3 rings (SSSR count). The molecule has 20 heavy (non-hydrogen) atoms. The predicted molar refractivity (Wildman–Crippen MR) is 86.1 cm³/mol. The van der Waals surface area contributed by atoms with Gasteiger partial charge in [-0.25, -0.2) is 0 Å². The van der Waals surface area contributed by atoms with Crippen molar-refractivity contribution in [1.82, 2.24) is 15.1 Å². The molecule has 0 bridgehead atoms. The fraction of sp³-hybridized carbons (Fsp3) is 0.400. The highest BCUT2D eigenvalue weighted by Gasteiger charge is 2.22. The average Bonchev–Trinajstić information content (AvgIpc) is 3.19. The lowest BCUT2D eigenvalue weighted by atomic mass is 10.2. The molecule has 106 valence electrons. The Morgan fingerprint density at radius 2 is 2.15 bits per heavy atom. The summed E-state index contributed by atoms with van der Waals surface area (Å²) in [5, 5.41) is 9.39. The van der Waals surface area contributed by atoms with Gasteiger partial charge in [0.05, 0.1) is 5.69 Å². The Bertz CT molecular complexity index is 620. The lowest BCUT2D eigenvalue weighted by Gasteiger charge is -2.08. The van der Waals surface area contributed by atoms with E-state index in [0.717, 1.165) is 22.8 Å². The largest absolute Gasteiger partial charge is 0.310 e. The second-order valence-electron chi connectivity index (χ2n) is 5.18. The van der Waals surface area contributed by atoms with Crippen LogP contribution in [0.25, 0.3) is 0 Å². The second kappa shape index (κ2) is 5.92. The molecule has 5 heteroatoms. The van der Waals surface area contributed by atoms with Crippen LogP contribution >= 0.6 is 27.7 Å². The predicted octanol–water partition coefficient (Wildman–Crippen LogP) is 3.89. The van der Waals surface area contributed by atoms with Gasteiger partial charge in [-0.05, 0) is 47.8 Å². The first-order chi connectivity index (χ1) is 9.65. The summed E-state index contributed by atoms with van der Waals surface area (Å²) in [7, 11) is 2.02. The molecular formula is C15H18BrN3S. The van der Waals surface area contributed by atoms with E-state index in [1.807, 2.05) is 17.8 Å². The highest BCUT2D eigenvalue weighted by Crippen LogP contribution is 2.36. The standard InChI is InChI=1S/C15H18BrN3S/c1-10-12(9-17-11-7-8-11)15(19(2)18-10)20-14-6-4-3-5-13(14)16/h3-6,11,17H,7-9H2,1-2H3. The van der Waals surface area contributed by atoms with Crippen LogP contribution < -0.4 is 5.32 Å². The molecule has 1 fully saturated rings. The smallest absolute Gasteiger partial charge is 0.103 e. The Labute approximate surface area is 132 Å². The Morgan fingerprint density at radius 3 is 2.85 bits per heavy atom. The molecule has 1 aromatic carbocycles. The first-order valence-corrected chi connectivity index (χ1v) is 8.44. The lowest BCUT2D eigenvalue weighted by Crippen LogP contribution is -2.16. The van der Waals surface area contributed by atoms with Crippen LogP contribution in [0.4, 0.5) is 0 Å². The highest BCUT2D eigenvalue weighted by atomic mass is 79.9. The maximum atomic E-state index is 4.58. The number of rotatable bonds is 5. The lowest BCUT2D eigenvalue weighted by molar-refractivity contribution is 0.658. The van der Waals surface area contributed by atoms with E-state index in [2.05, 4.69) is 51.5 Å². The van der Waals surface area contributed by atoms with Crippen molar-refractivity contribution < 1.29 is 0 Å². The molecule has 0 saturated heterocycles. The van der Waals surface area contributed by atoms with Gasteiger partial charge in [0, 0.05) is 34.6 Å². The summed E-state index contributed by atoms with van der Waals surface area (Å²) in [5.74, 6) is 0. The van der Waals surface area contributed by atoms with Gasteiger partial charge in [0.15, 0.2) is 0 Å². The average molecular weight is 352 g/mol. The number of hydrogen-bond acceptors (Lipinski definition) is 3. The van der Waals surface area contributed by atoms with Crippen molar-refractivity contribution in [3.8, 4) is 0 Å². The summed E-state index contributed by atoms with van der Waals surface area (Å²) in [5.41, 5.74) is 2.44. The van der Waals surface area contributed by atoms with E-state index in [9.17, 15) is 0 Å². The van der Waals surface area contributed by atoms with Gasteiger partial charge in [0.1, 0.15) is 5.03 Å². The minimum absolute atomic E-state index is 0.718. The Kier molecular flexibility index (Phi) is 4.19. The van der Waals surface area contributed by atoms with Gasteiger partial charge >= 0.3 is 0 Å². The number of aryl methyl sites for hydroxylation is 2. The first-order valence-electron chi connectivity index (χ1n) is 6.83. The summed E-state index contributed by atoms with van der Waals surface area (Å²) in [4.78, 5) is 1.23. The van der Waals surface area contributed by atoms with Gasteiger partial charge in [-0.2, -0.15) is 5.10 Å². The first kappa shape index (κ1) is 14.2. The van der Waals surface area contributed by atoms with E-state index in [4.69, 9.17) is 0 Å². The van der Waals surface area contributed by atoms with Crippen molar-refractivity contribution in [1.29, 1.82) is 0 Å². The van der Waals surface area contributed by atoms with Gasteiger partial charge < -0.3 is 5.32 Å². The number of halogens is 1. The third-order valence-corrected chi connectivity index (χ3v) is 5.71. The molecule has 1 aliphatic carbocycles. The molecule has 1 N–H and O–H groups in total. The van der Waals surface area contributed by atoms with Crippen LogP contribution in [-0.4, -0.2) is 15.8 Å². The van der Waals surface area contributed by atoms with Crippen molar-refractivity contribution >= 4 is 27.7 Å². The zero-order chi connectivity index (χ0) is 14.1. The summed E-state index contributed by atoms with van der Waals surface area (Å²) in [6, 6.07) is 9.04. The van der Waals surface area contributed by atoms with E-state index in [1.165, 1.54) is 28.3 Å². The van der Waals surface area contributed by atoms with Crippen molar-refractivity contribution in [2.45, 2.75) is 42.3 Å². The van der Waals surface area contributed by atoms with Crippen molar-refractivity contribution in [3.63, 3.8) is 0 Å². The summed E-state index contributed by atoms with van der Waals surface area (Å²) >= 11 is 5.39. The molecule has 2 aromatic rings. The minimum Gasteiger partial charge on any atom is -0.310 e. The molecule has 0 aliphatic heterocycles. The molecule has 3 nitrogen and oxygen atoms in total. The second-order valence-corrected chi connectivity index (χ2v) is 7.07. The topological polar surface area (TPSA) is 29.9 Å². The zero-order valence-electron chi connectivity index (χ0n) is 11.7. The van der Waals surface area contributed by atoms with Crippen LogP contribution in [0.1, 0.15) is 24.1 Å². The van der Waals surface area contributed by atoms with Crippen LogP contribution in [0.5, 0.6) is 0 Å². The highest BCUT2D eigenvalue weighted by molar-refractivity contribution is 9.10. The summed E-state index contributed by atoms with van der Waals surface area (Å²) < 4.78 is 3.12. The van der Waals surface area contributed by atoms with Gasteiger partial charge in [-0.1, -0.05) is 23.9 Å². The molecule has 0 unspecified atom stereocenters. The number of nitrogens with zero attached hydrogens (tertiary/aromatic N) is 2. The molecular weight excluding hydrogens is 334 g/mol. The summed E-state index contributed by atoms with van der Waals surface area (Å²) in [6.07, 6.45) is 2.62. The fourth-order valence-electron chi connectivity index (χ4n) is 2.18. The van der Waals surface area contributed by atoms with Crippen LogP contribution in [0.15, 0.2) is 38.7 Å². The quantitative estimate of drug-likeness (QED) is 0.885. The third kappa shape index (κ3) is 3.10. The van der Waals surface area contributed by atoms with Crippen LogP contribution in [-0.2, 0) is 13.6 Å². The zero-order valence-corrected chi connectivity index (χ0v) is 14.1. The van der Waals surface area contributed by atoms with Crippen LogP contribution in [0.3, 0.4) is 0 Å². The summed E-state index contributed by atoms with van der Waals surface area (Å²) in [6.45, 7) is 3.01. The monoisotopic (exact) mass is 351 g/mol. The molecule has 0 atom stereocenters. The SMILES string of the molecule is Cc1nn(C)c(Sc2ccccc2Br)c1CNC1CC1. The van der Waals surface area contributed by atoms with Gasteiger partial charge in [0.25, 0.3) is 0 Å². The van der Waals surface area contributed by atoms with Gasteiger partial charge in [-0.3, -0.25) is 4.68 Å². The number of benzene rings is 1. The van der Waals surface area contributed by atoms with Crippen LogP contribution in [0, 0.1) is 6.92 Å². The van der Waals surface area contributed by atoms with E-state index < -0.39 is 0 Å². The molecule has 1 saturated carbocycles. The molecule has 1 aromatic heterocycles. The van der Waals surface area contributed by atoms with E-state index >= 15 is 0 Å². The normalized spacial score (nSPS) is 14.8. The van der Waals surface area contributed by atoms with E-state index in [-0.39, 0.29) is 0 Å². The molecule has 0 spiro atoms. The Balaban J connectivity index is 1.85. The van der Waals surface area contributed by atoms with Crippen LogP contribution in [0.2, 0.25) is 0 Å². The molecule has 0 radical (unpaired) electrons. The number of nitrogens with one attached hydrogen (secondary N) is 1. The van der Waals surface area contributed by atoms with E-state index in [1.54, 1.807) is 11.8 Å². The fourth-order valence-corrected chi connectivity index (χ4v) is 3.74. The number of aromatic nitrogens is 2. The van der Waals surface area contributed by atoms with Gasteiger partial charge in [-0.15, -0.1) is 0 Å².